The van der Waals surface area contributed by atoms with Gasteiger partial charge in [-0.15, -0.1) is 0 Å². The second kappa shape index (κ2) is 6.19. The van der Waals surface area contributed by atoms with Gasteiger partial charge in [0.15, 0.2) is 0 Å². The van der Waals surface area contributed by atoms with E-state index in [0.29, 0.717) is 6.04 Å². The number of aromatic nitrogens is 1. The third kappa shape index (κ3) is 3.22. The fourth-order valence-corrected chi connectivity index (χ4v) is 2.81. The van der Waals surface area contributed by atoms with Crippen LogP contribution in [0.2, 0.25) is 0 Å². The molecular formula is C15H25N3. The Morgan fingerprint density at radius 3 is 2.89 bits per heavy atom. The first-order valence-corrected chi connectivity index (χ1v) is 7.18. The fraction of sp³-hybridized carbons (Fsp3) is 0.667. The van der Waals surface area contributed by atoms with Gasteiger partial charge in [0.1, 0.15) is 5.82 Å². The van der Waals surface area contributed by atoms with Crippen molar-refractivity contribution in [1.29, 1.82) is 0 Å². The van der Waals surface area contributed by atoms with E-state index in [1.165, 1.54) is 31.2 Å². The Bertz CT molecular complexity index is 359. The number of nitrogens with zero attached hydrogens (tertiary/aromatic N) is 2. The number of anilines is 1. The van der Waals surface area contributed by atoms with Crippen LogP contribution in [0.5, 0.6) is 0 Å². The highest BCUT2D eigenvalue weighted by Crippen LogP contribution is 2.24. The highest BCUT2D eigenvalue weighted by molar-refractivity contribution is 5.41. The number of hydrogen-bond acceptors (Lipinski definition) is 3. The molecule has 1 fully saturated rings. The third-order valence-corrected chi connectivity index (χ3v) is 3.76. The molecule has 0 amide bonds. The molecule has 1 aromatic rings. The van der Waals surface area contributed by atoms with E-state index in [1.807, 2.05) is 13.1 Å². The quantitative estimate of drug-likeness (QED) is 0.889. The van der Waals surface area contributed by atoms with Gasteiger partial charge in [0.25, 0.3) is 0 Å². The zero-order chi connectivity index (χ0) is 13.0. The average molecular weight is 247 g/mol. The van der Waals surface area contributed by atoms with Crippen molar-refractivity contribution >= 4 is 5.82 Å². The van der Waals surface area contributed by atoms with E-state index in [4.69, 9.17) is 5.73 Å². The average Bonchev–Trinajstić information content (AvgIpc) is 2.39. The Morgan fingerprint density at radius 2 is 2.28 bits per heavy atom. The second-order valence-electron chi connectivity index (χ2n) is 5.46. The third-order valence-electron chi connectivity index (χ3n) is 3.76. The first-order chi connectivity index (χ1) is 8.70. The van der Waals surface area contributed by atoms with Crippen LogP contribution >= 0.6 is 0 Å². The standard InChI is InChI=1S/C15H25N3/c1-3-14-6-4-5-9-18(14)15-8-7-13(11-17-15)10-12(2)16/h7-8,11-12,14H,3-6,9-10,16H2,1-2H3. The lowest BCUT2D eigenvalue weighted by Crippen LogP contribution is -2.39. The molecule has 0 saturated carbocycles. The highest BCUT2D eigenvalue weighted by atomic mass is 15.2. The number of pyridine rings is 1. The Hall–Kier alpha value is -1.09. The van der Waals surface area contributed by atoms with Crippen molar-refractivity contribution in [2.75, 3.05) is 11.4 Å². The van der Waals surface area contributed by atoms with Gasteiger partial charge in [0.05, 0.1) is 0 Å². The molecule has 18 heavy (non-hydrogen) atoms. The zero-order valence-electron chi connectivity index (χ0n) is 11.6. The lowest BCUT2D eigenvalue weighted by molar-refractivity contribution is 0.447. The summed E-state index contributed by atoms with van der Waals surface area (Å²) in [6, 6.07) is 5.21. The van der Waals surface area contributed by atoms with Crippen LogP contribution in [0.15, 0.2) is 18.3 Å². The van der Waals surface area contributed by atoms with Crippen LogP contribution in [0, 0.1) is 0 Å². The minimum absolute atomic E-state index is 0.205. The van der Waals surface area contributed by atoms with Gasteiger partial charge in [-0.3, -0.25) is 0 Å². The molecular weight excluding hydrogens is 222 g/mol. The summed E-state index contributed by atoms with van der Waals surface area (Å²) in [5.74, 6) is 1.13. The van der Waals surface area contributed by atoms with Crippen LogP contribution < -0.4 is 10.6 Å². The van der Waals surface area contributed by atoms with Gasteiger partial charge in [-0.05, 0) is 50.7 Å². The van der Waals surface area contributed by atoms with E-state index in [-0.39, 0.29) is 6.04 Å². The molecule has 3 heteroatoms. The van der Waals surface area contributed by atoms with Crippen LogP contribution in [0.25, 0.3) is 0 Å². The maximum Gasteiger partial charge on any atom is 0.128 e. The van der Waals surface area contributed by atoms with Crippen LogP contribution in [0.3, 0.4) is 0 Å². The van der Waals surface area contributed by atoms with Crippen molar-refractivity contribution in [2.24, 2.45) is 5.73 Å². The maximum absolute atomic E-state index is 5.81. The molecule has 0 aromatic carbocycles. The van der Waals surface area contributed by atoms with Crippen molar-refractivity contribution in [3.63, 3.8) is 0 Å². The number of nitrogens with two attached hydrogens (primary N) is 1. The van der Waals surface area contributed by atoms with E-state index in [1.54, 1.807) is 0 Å². The maximum atomic E-state index is 5.81. The first kappa shape index (κ1) is 13.3. The Morgan fingerprint density at radius 1 is 1.44 bits per heavy atom. The van der Waals surface area contributed by atoms with Gasteiger partial charge >= 0.3 is 0 Å². The SMILES string of the molecule is CCC1CCCCN1c1ccc(CC(C)N)cn1. The van der Waals surface area contributed by atoms with Crippen molar-refractivity contribution in [2.45, 2.75) is 58.0 Å². The van der Waals surface area contributed by atoms with Gasteiger partial charge in [0.2, 0.25) is 0 Å². The predicted molar refractivity (Wildman–Crippen MR) is 76.9 cm³/mol. The van der Waals surface area contributed by atoms with Crippen molar-refractivity contribution < 1.29 is 0 Å². The molecule has 2 rings (SSSR count). The van der Waals surface area contributed by atoms with E-state index in [2.05, 4.69) is 28.9 Å². The van der Waals surface area contributed by atoms with Crippen molar-refractivity contribution in [1.82, 2.24) is 4.98 Å². The van der Waals surface area contributed by atoms with E-state index < -0.39 is 0 Å². The summed E-state index contributed by atoms with van der Waals surface area (Å²) >= 11 is 0. The monoisotopic (exact) mass is 247 g/mol. The van der Waals surface area contributed by atoms with Crippen LogP contribution in [0.1, 0.15) is 45.1 Å². The Labute approximate surface area is 110 Å². The molecule has 2 heterocycles. The molecule has 2 atom stereocenters. The molecule has 1 aromatic heterocycles. The summed E-state index contributed by atoms with van der Waals surface area (Å²) in [4.78, 5) is 7.10. The highest BCUT2D eigenvalue weighted by Gasteiger charge is 2.21. The van der Waals surface area contributed by atoms with Gasteiger partial charge < -0.3 is 10.6 Å². The van der Waals surface area contributed by atoms with Crippen molar-refractivity contribution in [3.05, 3.63) is 23.9 Å². The summed E-state index contributed by atoms with van der Waals surface area (Å²) in [7, 11) is 0. The van der Waals surface area contributed by atoms with Crippen LogP contribution in [-0.4, -0.2) is 23.6 Å². The minimum atomic E-state index is 0.205. The van der Waals surface area contributed by atoms with Gasteiger partial charge in [0, 0.05) is 24.8 Å². The molecule has 1 aliphatic rings. The smallest absolute Gasteiger partial charge is 0.128 e. The largest absolute Gasteiger partial charge is 0.354 e. The fourth-order valence-electron chi connectivity index (χ4n) is 2.81. The summed E-state index contributed by atoms with van der Waals surface area (Å²) < 4.78 is 0. The van der Waals surface area contributed by atoms with Crippen LogP contribution in [-0.2, 0) is 6.42 Å². The molecule has 1 aliphatic heterocycles. The normalized spacial score (nSPS) is 21.9. The molecule has 3 nitrogen and oxygen atoms in total. The molecule has 1 saturated heterocycles. The molecule has 2 N–H and O–H groups in total. The molecule has 100 valence electrons. The second-order valence-corrected chi connectivity index (χ2v) is 5.46. The zero-order valence-corrected chi connectivity index (χ0v) is 11.6. The predicted octanol–water partition coefficient (Wildman–Crippen LogP) is 2.74. The topological polar surface area (TPSA) is 42.1 Å². The summed E-state index contributed by atoms with van der Waals surface area (Å²) in [5, 5.41) is 0. The molecule has 2 unspecified atom stereocenters. The minimum Gasteiger partial charge on any atom is -0.354 e. The summed E-state index contributed by atoms with van der Waals surface area (Å²) in [6.45, 7) is 5.46. The Kier molecular flexibility index (Phi) is 4.59. The van der Waals surface area contributed by atoms with E-state index in [0.717, 1.165) is 18.8 Å². The Balaban J connectivity index is 2.07. The van der Waals surface area contributed by atoms with Gasteiger partial charge in [-0.25, -0.2) is 4.98 Å². The van der Waals surface area contributed by atoms with E-state index >= 15 is 0 Å². The molecule has 0 aliphatic carbocycles. The van der Waals surface area contributed by atoms with Crippen molar-refractivity contribution in [3.8, 4) is 0 Å². The van der Waals surface area contributed by atoms with E-state index in [9.17, 15) is 0 Å². The summed E-state index contributed by atoms with van der Waals surface area (Å²) in [5.41, 5.74) is 7.05. The molecule has 0 radical (unpaired) electrons. The molecule has 0 spiro atoms. The van der Waals surface area contributed by atoms with Crippen LogP contribution in [0.4, 0.5) is 5.82 Å². The first-order valence-electron chi connectivity index (χ1n) is 7.18. The van der Waals surface area contributed by atoms with Gasteiger partial charge in [-0.2, -0.15) is 0 Å². The number of piperidine rings is 1. The lowest BCUT2D eigenvalue weighted by atomic mass is 10.00. The molecule has 0 bridgehead atoms. The number of hydrogen-bond donors (Lipinski definition) is 1. The van der Waals surface area contributed by atoms with Gasteiger partial charge in [-0.1, -0.05) is 13.0 Å². The number of rotatable bonds is 4. The summed E-state index contributed by atoms with van der Waals surface area (Å²) in [6.07, 6.45) is 8.06. The lowest BCUT2D eigenvalue weighted by Gasteiger charge is -2.36.